The van der Waals surface area contributed by atoms with Crippen molar-refractivity contribution in [3.8, 4) is 0 Å². The number of oxime groups is 1. The molecule has 5 N–H and O–H groups in total. The number of piperidine rings is 1. The molecule has 0 radical (unpaired) electrons. The van der Waals surface area contributed by atoms with Gasteiger partial charge in [0.05, 0.1) is 6.04 Å². The average Bonchev–Trinajstić information content (AvgIpc) is 2.39. The smallest absolute Gasteiger partial charge is 0.237 e. The molecule has 1 fully saturated rings. The van der Waals surface area contributed by atoms with Gasteiger partial charge >= 0.3 is 0 Å². The second kappa shape index (κ2) is 7.33. The van der Waals surface area contributed by atoms with Gasteiger partial charge < -0.3 is 21.6 Å². The van der Waals surface area contributed by atoms with Gasteiger partial charge in [-0.2, -0.15) is 0 Å². The maximum atomic E-state index is 11.5. The highest BCUT2D eigenvalue weighted by Gasteiger charge is 2.23. The van der Waals surface area contributed by atoms with Gasteiger partial charge in [0.1, 0.15) is 5.84 Å². The Kier molecular flexibility index (Phi) is 6.08. The number of carbonyl (C=O) groups excluding carboxylic acids is 1. The number of nitrogens with one attached hydrogen (secondary N) is 2. The second-order valence-electron chi connectivity index (χ2n) is 5.77. The molecule has 1 saturated heterocycles. The van der Waals surface area contributed by atoms with Gasteiger partial charge in [-0.3, -0.25) is 4.79 Å². The third-order valence-electron chi connectivity index (χ3n) is 3.71. The predicted octanol–water partition coefficient (Wildman–Crippen LogP) is 0.798. The van der Waals surface area contributed by atoms with Crippen LogP contribution in [0, 0.1) is 5.41 Å². The van der Waals surface area contributed by atoms with E-state index in [0.29, 0.717) is 0 Å². The summed E-state index contributed by atoms with van der Waals surface area (Å²) in [6, 6.07) is -0.0363. The zero-order valence-electron chi connectivity index (χ0n) is 11.9. The zero-order valence-corrected chi connectivity index (χ0v) is 11.9. The van der Waals surface area contributed by atoms with E-state index in [9.17, 15) is 4.79 Å². The minimum atomic E-state index is -0.281. The number of rotatable bonds is 7. The number of unbranched alkanes of at least 4 members (excludes halogenated alkanes) is 1. The van der Waals surface area contributed by atoms with Crippen LogP contribution in [0.5, 0.6) is 0 Å². The molecule has 1 rings (SSSR count). The van der Waals surface area contributed by atoms with Crippen molar-refractivity contribution in [3.05, 3.63) is 0 Å². The van der Waals surface area contributed by atoms with Crippen LogP contribution in [0.25, 0.3) is 0 Å². The van der Waals surface area contributed by atoms with E-state index in [1.165, 1.54) is 0 Å². The fourth-order valence-electron chi connectivity index (χ4n) is 2.20. The highest BCUT2D eigenvalue weighted by molar-refractivity contribution is 5.85. The topological polar surface area (TPSA) is 99.7 Å². The lowest BCUT2D eigenvalue weighted by atomic mass is 9.86. The van der Waals surface area contributed by atoms with Crippen LogP contribution in [-0.2, 0) is 4.79 Å². The number of hydrogen-bond donors (Lipinski definition) is 4. The minimum absolute atomic E-state index is 0.0363. The molecule has 1 amide bonds. The molecule has 6 nitrogen and oxygen atoms in total. The SMILES string of the molecule is CC(C)(CCCCNC1CCCNC1=O)C(N)=NO. The van der Waals surface area contributed by atoms with E-state index in [2.05, 4.69) is 15.8 Å². The van der Waals surface area contributed by atoms with Crippen LogP contribution in [0.1, 0.15) is 46.0 Å². The maximum absolute atomic E-state index is 11.5. The van der Waals surface area contributed by atoms with E-state index in [0.717, 1.165) is 45.2 Å². The fraction of sp³-hybridized carbons (Fsp3) is 0.846. The van der Waals surface area contributed by atoms with Gasteiger partial charge in [-0.15, -0.1) is 0 Å². The number of hydrogen-bond acceptors (Lipinski definition) is 4. The van der Waals surface area contributed by atoms with E-state index in [1.54, 1.807) is 0 Å². The molecule has 0 aromatic carbocycles. The van der Waals surface area contributed by atoms with Crippen LogP contribution in [0.2, 0.25) is 0 Å². The summed E-state index contributed by atoms with van der Waals surface area (Å²) in [6.07, 6.45) is 4.78. The highest BCUT2D eigenvalue weighted by Crippen LogP contribution is 2.23. The normalized spacial score (nSPS) is 21.3. The van der Waals surface area contributed by atoms with Gasteiger partial charge in [-0.1, -0.05) is 25.4 Å². The molecule has 0 aliphatic carbocycles. The van der Waals surface area contributed by atoms with Crippen molar-refractivity contribution < 1.29 is 10.0 Å². The third kappa shape index (κ3) is 5.06. The average molecular weight is 270 g/mol. The molecule has 1 aliphatic rings. The Hall–Kier alpha value is -1.30. The molecule has 0 aromatic heterocycles. The fourth-order valence-corrected chi connectivity index (χ4v) is 2.20. The van der Waals surface area contributed by atoms with Gasteiger partial charge in [-0.25, -0.2) is 0 Å². The van der Waals surface area contributed by atoms with E-state index < -0.39 is 0 Å². The first-order valence-electron chi connectivity index (χ1n) is 6.96. The van der Waals surface area contributed by atoms with Crippen molar-refractivity contribution in [1.82, 2.24) is 10.6 Å². The van der Waals surface area contributed by atoms with Crippen molar-refractivity contribution in [2.24, 2.45) is 16.3 Å². The van der Waals surface area contributed by atoms with Crippen molar-refractivity contribution in [1.29, 1.82) is 0 Å². The van der Waals surface area contributed by atoms with E-state index in [-0.39, 0.29) is 23.2 Å². The summed E-state index contributed by atoms with van der Waals surface area (Å²) in [7, 11) is 0. The van der Waals surface area contributed by atoms with Crippen molar-refractivity contribution in [2.75, 3.05) is 13.1 Å². The van der Waals surface area contributed by atoms with Crippen LogP contribution >= 0.6 is 0 Å². The molecule has 1 atom stereocenters. The summed E-state index contributed by atoms with van der Waals surface area (Å²) >= 11 is 0. The summed E-state index contributed by atoms with van der Waals surface area (Å²) in [5, 5.41) is 17.9. The molecular weight excluding hydrogens is 244 g/mol. The van der Waals surface area contributed by atoms with Crippen molar-refractivity contribution in [3.63, 3.8) is 0 Å². The predicted molar refractivity (Wildman–Crippen MR) is 75.1 cm³/mol. The molecule has 0 aromatic rings. The number of nitrogens with zero attached hydrogens (tertiary/aromatic N) is 1. The van der Waals surface area contributed by atoms with Gasteiger partial charge in [0.2, 0.25) is 5.91 Å². The first-order chi connectivity index (χ1) is 8.97. The molecule has 0 bridgehead atoms. The maximum Gasteiger partial charge on any atom is 0.237 e. The largest absolute Gasteiger partial charge is 0.409 e. The molecule has 0 saturated carbocycles. The molecule has 110 valence electrons. The Morgan fingerprint density at radius 2 is 2.32 bits per heavy atom. The molecule has 1 aliphatic heterocycles. The highest BCUT2D eigenvalue weighted by atomic mass is 16.4. The molecule has 1 heterocycles. The van der Waals surface area contributed by atoms with Crippen LogP contribution in [-0.4, -0.2) is 36.1 Å². The summed E-state index contributed by atoms with van der Waals surface area (Å²) in [4.78, 5) is 11.5. The first kappa shape index (κ1) is 15.8. The second-order valence-corrected chi connectivity index (χ2v) is 5.77. The third-order valence-corrected chi connectivity index (χ3v) is 3.71. The monoisotopic (exact) mass is 270 g/mol. The molecule has 19 heavy (non-hydrogen) atoms. The molecular formula is C13H26N4O2. The van der Waals surface area contributed by atoms with Gasteiger partial charge in [0, 0.05) is 12.0 Å². The van der Waals surface area contributed by atoms with Crippen LogP contribution in [0.15, 0.2) is 5.16 Å². The van der Waals surface area contributed by atoms with Crippen LogP contribution in [0.3, 0.4) is 0 Å². The van der Waals surface area contributed by atoms with Gasteiger partial charge in [0.25, 0.3) is 0 Å². The summed E-state index contributed by atoms with van der Waals surface area (Å²) in [5.41, 5.74) is 5.35. The lowest BCUT2D eigenvalue weighted by molar-refractivity contribution is -0.124. The first-order valence-corrected chi connectivity index (χ1v) is 6.96. The Morgan fingerprint density at radius 1 is 1.58 bits per heavy atom. The lowest BCUT2D eigenvalue weighted by Gasteiger charge is -2.24. The number of amides is 1. The molecule has 1 unspecified atom stereocenters. The summed E-state index contributed by atoms with van der Waals surface area (Å²) in [5.74, 6) is 0.385. The Balaban J connectivity index is 2.16. The van der Waals surface area contributed by atoms with Crippen LogP contribution in [0.4, 0.5) is 0 Å². The van der Waals surface area contributed by atoms with Crippen molar-refractivity contribution in [2.45, 2.75) is 52.0 Å². The summed E-state index contributed by atoms with van der Waals surface area (Å²) < 4.78 is 0. The van der Waals surface area contributed by atoms with Crippen LogP contribution < -0.4 is 16.4 Å². The minimum Gasteiger partial charge on any atom is -0.409 e. The quantitative estimate of drug-likeness (QED) is 0.181. The molecule has 6 heteroatoms. The number of amidine groups is 1. The summed E-state index contributed by atoms with van der Waals surface area (Å²) in [6.45, 7) is 5.55. The Morgan fingerprint density at radius 3 is 2.95 bits per heavy atom. The molecule has 0 spiro atoms. The lowest BCUT2D eigenvalue weighted by Crippen LogP contribution is -2.48. The Labute approximate surface area is 114 Å². The van der Waals surface area contributed by atoms with Gasteiger partial charge in [0.15, 0.2) is 0 Å². The van der Waals surface area contributed by atoms with E-state index in [4.69, 9.17) is 10.9 Å². The number of carbonyl (C=O) groups is 1. The van der Waals surface area contributed by atoms with Gasteiger partial charge in [-0.05, 0) is 32.2 Å². The van der Waals surface area contributed by atoms with Crippen molar-refractivity contribution >= 4 is 11.7 Å². The standard InChI is InChI=1S/C13H26N4O2/c1-13(2,12(14)17-19)7-3-4-8-15-10-6-5-9-16-11(10)18/h10,15,19H,3-9H2,1-2H3,(H2,14,17)(H,16,18). The van der Waals surface area contributed by atoms with E-state index in [1.807, 2.05) is 13.8 Å². The number of nitrogens with two attached hydrogens (primary N) is 1. The Bertz CT molecular complexity index is 329. The zero-order chi connectivity index (χ0) is 14.3. The van der Waals surface area contributed by atoms with E-state index >= 15 is 0 Å².